The number of morpholine rings is 1. The first-order valence-corrected chi connectivity index (χ1v) is 6.51. The largest absolute Gasteiger partial charge is 0.378 e. The number of rotatable bonds is 4. The number of benzene rings is 1. The molecule has 3 nitrogen and oxygen atoms in total. The minimum Gasteiger partial charge on any atom is -0.378 e. The van der Waals surface area contributed by atoms with Gasteiger partial charge in [-0.15, -0.1) is 0 Å². The summed E-state index contributed by atoms with van der Waals surface area (Å²) in [6.45, 7) is 7.56. The molecule has 1 fully saturated rings. The topological polar surface area (TPSA) is 29.5 Å². The first kappa shape index (κ1) is 13.2. The van der Waals surface area contributed by atoms with Crippen LogP contribution in [0.4, 0.5) is 0 Å². The SMILES string of the molecule is CC1(C)COCCN1CCC(=O)c1ccccc1. The lowest BCUT2D eigenvalue weighted by atomic mass is 10.0. The summed E-state index contributed by atoms with van der Waals surface area (Å²) >= 11 is 0. The summed E-state index contributed by atoms with van der Waals surface area (Å²) in [4.78, 5) is 14.4. The van der Waals surface area contributed by atoms with Gasteiger partial charge in [0, 0.05) is 30.6 Å². The standard InChI is InChI=1S/C15H21NO2/c1-15(2)12-18-11-10-16(15)9-8-14(17)13-6-4-3-5-7-13/h3-7H,8-12H2,1-2H3. The van der Waals surface area contributed by atoms with Crippen LogP contribution in [0, 0.1) is 0 Å². The van der Waals surface area contributed by atoms with Crippen LogP contribution < -0.4 is 0 Å². The number of hydrogen-bond acceptors (Lipinski definition) is 3. The van der Waals surface area contributed by atoms with E-state index in [0.717, 1.165) is 31.9 Å². The second-order valence-corrected chi connectivity index (χ2v) is 5.39. The molecule has 0 saturated carbocycles. The van der Waals surface area contributed by atoms with Crippen LogP contribution in [-0.4, -0.2) is 42.5 Å². The number of carbonyl (C=O) groups is 1. The quantitative estimate of drug-likeness (QED) is 0.765. The molecule has 1 aliphatic heterocycles. The van der Waals surface area contributed by atoms with Gasteiger partial charge in [0.25, 0.3) is 0 Å². The highest BCUT2D eigenvalue weighted by Crippen LogP contribution is 2.19. The predicted octanol–water partition coefficient (Wildman–Crippen LogP) is 2.37. The third-order valence-electron chi connectivity index (χ3n) is 3.52. The van der Waals surface area contributed by atoms with Gasteiger partial charge in [0.05, 0.1) is 13.2 Å². The van der Waals surface area contributed by atoms with Crippen LogP contribution in [-0.2, 0) is 4.74 Å². The van der Waals surface area contributed by atoms with Crippen LogP contribution in [0.3, 0.4) is 0 Å². The number of carbonyl (C=O) groups excluding carboxylic acids is 1. The smallest absolute Gasteiger partial charge is 0.164 e. The number of nitrogens with zero attached hydrogens (tertiary/aromatic N) is 1. The Morgan fingerprint density at radius 2 is 2.06 bits per heavy atom. The van der Waals surface area contributed by atoms with E-state index in [1.54, 1.807) is 0 Å². The van der Waals surface area contributed by atoms with Crippen LogP contribution in [0.2, 0.25) is 0 Å². The monoisotopic (exact) mass is 247 g/mol. The molecule has 0 bridgehead atoms. The van der Waals surface area contributed by atoms with Crippen molar-refractivity contribution in [3.8, 4) is 0 Å². The summed E-state index contributed by atoms with van der Waals surface area (Å²) in [7, 11) is 0. The van der Waals surface area contributed by atoms with Crippen molar-refractivity contribution in [2.24, 2.45) is 0 Å². The highest BCUT2D eigenvalue weighted by atomic mass is 16.5. The molecule has 1 aliphatic rings. The van der Waals surface area contributed by atoms with Crippen molar-refractivity contribution in [3.05, 3.63) is 35.9 Å². The molecule has 0 unspecified atom stereocenters. The summed E-state index contributed by atoms with van der Waals surface area (Å²) in [5.41, 5.74) is 0.846. The molecule has 0 aliphatic carbocycles. The van der Waals surface area contributed by atoms with E-state index in [-0.39, 0.29) is 11.3 Å². The zero-order chi connectivity index (χ0) is 13.0. The van der Waals surface area contributed by atoms with Gasteiger partial charge in [-0.25, -0.2) is 0 Å². The molecule has 3 heteroatoms. The molecule has 18 heavy (non-hydrogen) atoms. The molecule has 0 atom stereocenters. The number of ketones is 1. The Hall–Kier alpha value is -1.19. The Bertz CT molecular complexity index is 400. The van der Waals surface area contributed by atoms with Crippen molar-refractivity contribution in [2.75, 3.05) is 26.3 Å². The Balaban J connectivity index is 1.90. The molecular weight excluding hydrogens is 226 g/mol. The van der Waals surface area contributed by atoms with E-state index in [1.807, 2.05) is 30.3 Å². The number of hydrogen-bond donors (Lipinski definition) is 0. The van der Waals surface area contributed by atoms with Gasteiger partial charge < -0.3 is 4.74 Å². The first-order valence-electron chi connectivity index (χ1n) is 6.51. The molecule has 98 valence electrons. The maximum Gasteiger partial charge on any atom is 0.164 e. The lowest BCUT2D eigenvalue weighted by molar-refractivity contribution is -0.0502. The van der Waals surface area contributed by atoms with Crippen molar-refractivity contribution < 1.29 is 9.53 Å². The van der Waals surface area contributed by atoms with Crippen molar-refractivity contribution in [2.45, 2.75) is 25.8 Å². The third-order valence-corrected chi connectivity index (χ3v) is 3.52. The van der Waals surface area contributed by atoms with Crippen molar-refractivity contribution in [3.63, 3.8) is 0 Å². The maximum atomic E-state index is 12.0. The Morgan fingerprint density at radius 3 is 2.72 bits per heavy atom. The third kappa shape index (κ3) is 3.18. The minimum atomic E-state index is 0.0369. The lowest BCUT2D eigenvalue weighted by Crippen LogP contribution is -2.53. The lowest BCUT2D eigenvalue weighted by Gasteiger charge is -2.42. The second-order valence-electron chi connectivity index (χ2n) is 5.39. The molecule has 0 spiro atoms. The van der Waals surface area contributed by atoms with Crippen LogP contribution in [0.1, 0.15) is 30.6 Å². The van der Waals surface area contributed by atoms with E-state index in [4.69, 9.17) is 4.74 Å². The van der Waals surface area contributed by atoms with Crippen molar-refractivity contribution >= 4 is 5.78 Å². The number of Topliss-reactive ketones (excluding diaryl/α,β-unsaturated/α-hetero) is 1. The predicted molar refractivity (Wildman–Crippen MR) is 71.9 cm³/mol. The molecule has 2 rings (SSSR count). The number of ether oxygens (including phenoxy) is 1. The Morgan fingerprint density at radius 1 is 1.33 bits per heavy atom. The fourth-order valence-corrected chi connectivity index (χ4v) is 2.31. The molecule has 0 amide bonds. The molecule has 1 saturated heterocycles. The van der Waals surface area contributed by atoms with Crippen molar-refractivity contribution in [1.82, 2.24) is 4.90 Å². The average molecular weight is 247 g/mol. The molecule has 1 heterocycles. The van der Waals surface area contributed by atoms with E-state index in [0.29, 0.717) is 6.42 Å². The summed E-state index contributed by atoms with van der Waals surface area (Å²) in [6.07, 6.45) is 0.577. The normalized spacial score (nSPS) is 19.7. The molecule has 0 radical (unpaired) electrons. The minimum absolute atomic E-state index is 0.0369. The second kappa shape index (κ2) is 5.63. The molecular formula is C15H21NO2. The van der Waals surface area contributed by atoms with Gasteiger partial charge in [-0.3, -0.25) is 9.69 Å². The van der Waals surface area contributed by atoms with Crippen LogP contribution in [0.15, 0.2) is 30.3 Å². The van der Waals surface area contributed by atoms with Gasteiger partial charge in [-0.1, -0.05) is 30.3 Å². The zero-order valence-electron chi connectivity index (χ0n) is 11.2. The Labute approximate surface area is 109 Å². The highest BCUT2D eigenvalue weighted by Gasteiger charge is 2.30. The summed E-state index contributed by atoms with van der Waals surface area (Å²) in [6, 6.07) is 9.51. The van der Waals surface area contributed by atoms with E-state index < -0.39 is 0 Å². The van der Waals surface area contributed by atoms with Crippen LogP contribution in [0.5, 0.6) is 0 Å². The first-order chi connectivity index (χ1) is 8.59. The highest BCUT2D eigenvalue weighted by molar-refractivity contribution is 5.96. The van der Waals surface area contributed by atoms with E-state index in [9.17, 15) is 4.79 Å². The molecule has 0 aromatic heterocycles. The van der Waals surface area contributed by atoms with Gasteiger partial charge in [0.2, 0.25) is 0 Å². The average Bonchev–Trinajstić information content (AvgIpc) is 2.38. The molecule has 1 aromatic carbocycles. The van der Waals surface area contributed by atoms with Gasteiger partial charge >= 0.3 is 0 Å². The van der Waals surface area contributed by atoms with Gasteiger partial charge in [0.1, 0.15) is 0 Å². The fourth-order valence-electron chi connectivity index (χ4n) is 2.31. The zero-order valence-corrected chi connectivity index (χ0v) is 11.2. The van der Waals surface area contributed by atoms with E-state index in [1.165, 1.54) is 0 Å². The van der Waals surface area contributed by atoms with Gasteiger partial charge in [-0.05, 0) is 13.8 Å². The van der Waals surface area contributed by atoms with Crippen LogP contribution in [0.25, 0.3) is 0 Å². The van der Waals surface area contributed by atoms with E-state index in [2.05, 4.69) is 18.7 Å². The van der Waals surface area contributed by atoms with Gasteiger partial charge in [0.15, 0.2) is 5.78 Å². The summed E-state index contributed by atoms with van der Waals surface area (Å²) < 4.78 is 5.48. The van der Waals surface area contributed by atoms with Gasteiger partial charge in [-0.2, -0.15) is 0 Å². The summed E-state index contributed by atoms with van der Waals surface area (Å²) in [5.74, 6) is 0.220. The fraction of sp³-hybridized carbons (Fsp3) is 0.533. The maximum absolute atomic E-state index is 12.0. The van der Waals surface area contributed by atoms with E-state index >= 15 is 0 Å². The molecule has 0 N–H and O–H groups in total. The van der Waals surface area contributed by atoms with Crippen LogP contribution >= 0.6 is 0 Å². The summed E-state index contributed by atoms with van der Waals surface area (Å²) in [5, 5.41) is 0. The van der Waals surface area contributed by atoms with Crippen molar-refractivity contribution in [1.29, 1.82) is 0 Å². The Kier molecular flexibility index (Phi) is 4.15. The molecule has 1 aromatic rings.